The highest BCUT2D eigenvalue weighted by atomic mass is 32.2. The Labute approximate surface area is 85.5 Å². The molecule has 2 unspecified atom stereocenters. The van der Waals surface area contributed by atoms with Crippen LogP contribution in [0.15, 0.2) is 0 Å². The van der Waals surface area contributed by atoms with Gasteiger partial charge in [0, 0.05) is 23.7 Å². The van der Waals surface area contributed by atoms with Crippen molar-refractivity contribution in [1.29, 1.82) is 0 Å². The van der Waals surface area contributed by atoms with Crippen LogP contribution in [0.1, 0.15) is 32.6 Å². The monoisotopic (exact) mass is 203 g/mol. The van der Waals surface area contributed by atoms with Crippen LogP contribution >= 0.6 is 11.8 Å². The molecule has 13 heavy (non-hydrogen) atoms. The summed E-state index contributed by atoms with van der Waals surface area (Å²) in [6.45, 7) is 3.72. The lowest BCUT2D eigenvalue weighted by Gasteiger charge is -2.24. The van der Waals surface area contributed by atoms with Crippen molar-refractivity contribution in [2.75, 3.05) is 18.9 Å². The highest BCUT2D eigenvalue weighted by Crippen LogP contribution is 2.18. The minimum Gasteiger partial charge on any atom is -0.396 e. The molecule has 1 fully saturated rings. The summed E-state index contributed by atoms with van der Waals surface area (Å²) in [7, 11) is 0. The Morgan fingerprint density at radius 3 is 3.00 bits per heavy atom. The molecular formula is C10H21NOS. The summed E-state index contributed by atoms with van der Waals surface area (Å²) in [4.78, 5) is 0. The molecule has 2 nitrogen and oxygen atoms in total. The number of rotatable bonds is 5. The molecule has 1 rings (SSSR count). The maximum atomic E-state index is 8.74. The molecule has 3 heteroatoms. The Morgan fingerprint density at radius 2 is 2.38 bits per heavy atom. The summed E-state index contributed by atoms with van der Waals surface area (Å²) in [5.74, 6) is 1.21. The SMILES string of the molecule is CC(CCO)SCC1CCCCN1. The molecule has 0 saturated carbocycles. The highest BCUT2D eigenvalue weighted by molar-refractivity contribution is 7.99. The zero-order valence-electron chi connectivity index (χ0n) is 8.46. The molecule has 0 amide bonds. The van der Waals surface area contributed by atoms with Gasteiger partial charge in [0.1, 0.15) is 0 Å². The van der Waals surface area contributed by atoms with Gasteiger partial charge in [-0.3, -0.25) is 0 Å². The largest absolute Gasteiger partial charge is 0.396 e. The van der Waals surface area contributed by atoms with Crippen molar-refractivity contribution in [2.24, 2.45) is 0 Å². The molecule has 1 aliphatic heterocycles. The Bertz CT molecular complexity index is 126. The Kier molecular flexibility index (Phi) is 5.83. The number of aliphatic hydroxyl groups excluding tert-OH is 1. The van der Waals surface area contributed by atoms with Crippen LogP contribution in [0.3, 0.4) is 0 Å². The Morgan fingerprint density at radius 1 is 1.54 bits per heavy atom. The first-order valence-corrected chi connectivity index (χ1v) is 6.33. The summed E-state index contributed by atoms with van der Waals surface area (Å²) in [6, 6.07) is 0.722. The number of piperidine rings is 1. The van der Waals surface area contributed by atoms with Crippen molar-refractivity contribution in [3.63, 3.8) is 0 Å². The van der Waals surface area contributed by atoms with E-state index >= 15 is 0 Å². The number of aliphatic hydroxyl groups is 1. The van der Waals surface area contributed by atoms with E-state index in [-0.39, 0.29) is 0 Å². The minimum absolute atomic E-state index is 0.326. The summed E-state index contributed by atoms with van der Waals surface area (Å²) >= 11 is 1.98. The zero-order chi connectivity index (χ0) is 9.52. The van der Waals surface area contributed by atoms with Crippen LogP contribution in [-0.2, 0) is 0 Å². The summed E-state index contributed by atoms with van der Waals surface area (Å²) in [5, 5.41) is 12.9. The fraction of sp³-hybridized carbons (Fsp3) is 1.00. The van der Waals surface area contributed by atoms with E-state index in [1.165, 1.54) is 31.6 Å². The van der Waals surface area contributed by atoms with Gasteiger partial charge < -0.3 is 10.4 Å². The molecule has 0 aliphatic carbocycles. The van der Waals surface area contributed by atoms with Gasteiger partial charge in [-0.15, -0.1) is 0 Å². The summed E-state index contributed by atoms with van der Waals surface area (Å²) in [6.07, 6.45) is 4.98. The molecule has 2 atom stereocenters. The molecule has 1 heterocycles. The van der Waals surface area contributed by atoms with E-state index in [9.17, 15) is 0 Å². The smallest absolute Gasteiger partial charge is 0.0441 e. The van der Waals surface area contributed by atoms with Crippen LogP contribution in [0.4, 0.5) is 0 Å². The molecule has 78 valence electrons. The maximum Gasteiger partial charge on any atom is 0.0441 e. The van der Waals surface area contributed by atoms with Gasteiger partial charge in [0.2, 0.25) is 0 Å². The molecule has 0 aromatic rings. The van der Waals surface area contributed by atoms with Crippen molar-refractivity contribution >= 4 is 11.8 Å². The summed E-state index contributed by atoms with van der Waals surface area (Å²) < 4.78 is 0. The number of thioether (sulfide) groups is 1. The molecule has 0 bridgehead atoms. The van der Waals surface area contributed by atoms with Gasteiger partial charge in [0.15, 0.2) is 0 Å². The van der Waals surface area contributed by atoms with Crippen LogP contribution in [0, 0.1) is 0 Å². The molecule has 1 saturated heterocycles. The number of nitrogens with one attached hydrogen (secondary N) is 1. The molecule has 0 radical (unpaired) electrons. The van der Waals surface area contributed by atoms with Crippen molar-refractivity contribution < 1.29 is 5.11 Å². The zero-order valence-corrected chi connectivity index (χ0v) is 9.28. The fourth-order valence-corrected chi connectivity index (χ4v) is 2.73. The fourth-order valence-electron chi connectivity index (χ4n) is 1.61. The maximum absolute atomic E-state index is 8.74. The Balaban J connectivity index is 2.03. The second-order valence-electron chi connectivity index (χ2n) is 3.80. The lowest BCUT2D eigenvalue weighted by Crippen LogP contribution is -2.36. The normalized spacial score (nSPS) is 25.8. The van der Waals surface area contributed by atoms with E-state index in [1.54, 1.807) is 0 Å². The predicted molar refractivity (Wildman–Crippen MR) is 59.3 cm³/mol. The summed E-state index contributed by atoms with van der Waals surface area (Å²) in [5.41, 5.74) is 0. The van der Waals surface area contributed by atoms with E-state index in [1.807, 2.05) is 11.8 Å². The Hall–Kier alpha value is 0.270. The van der Waals surface area contributed by atoms with Gasteiger partial charge in [0.25, 0.3) is 0 Å². The number of hydrogen-bond acceptors (Lipinski definition) is 3. The lowest BCUT2D eigenvalue weighted by atomic mass is 10.1. The first kappa shape index (κ1) is 11.3. The standard InChI is InChI=1S/C10H21NOS/c1-9(5-7-12)13-8-10-4-2-3-6-11-10/h9-12H,2-8H2,1H3. The van der Waals surface area contributed by atoms with Crippen LogP contribution in [0.5, 0.6) is 0 Å². The number of hydrogen-bond donors (Lipinski definition) is 2. The first-order chi connectivity index (χ1) is 6.33. The molecule has 0 aromatic carbocycles. The average molecular weight is 203 g/mol. The van der Waals surface area contributed by atoms with Crippen LogP contribution < -0.4 is 5.32 Å². The minimum atomic E-state index is 0.326. The van der Waals surface area contributed by atoms with Gasteiger partial charge in [-0.25, -0.2) is 0 Å². The predicted octanol–water partition coefficient (Wildman–Crippen LogP) is 1.63. The third kappa shape index (κ3) is 4.89. The van der Waals surface area contributed by atoms with Crippen molar-refractivity contribution in [2.45, 2.75) is 43.9 Å². The molecule has 2 N–H and O–H groups in total. The third-order valence-corrected chi connectivity index (χ3v) is 3.93. The van der Waals surface area contributed by atoms with Gasteiger partial charge >= 0.3 is 0 Å². The first-order valence-electron chi connectivity index (χ1n) is 5.28. The van der Waals surface area contributed by atoms with Crippen molar-refractivity contribution in [1.82, 2.24) is 5.32 Å². The van der Waals surface area contributed by atoms with Gasteiger partial charge in [-0.2, -0.15) is 11.8 Å². The highest BCUT2D eigenvalue weighted by Gasteiger charge is 2.13. The second-order valence-corrected chi connectivity index (χ2v) is 5.27. The quantitative estimate of drug-likeness (QED) is 0.712. The van der Waals surface area contributed by atoms with E-state index in [2.05, 4.69) is 12.2 Å². The molecule has 0 spiro atoms. The molecule has 0 aromatic heterocycles. The lowest BCUT2D eigenvalue weighted by molar-refractivity contribution is 0.289. The van der Waals surface area contributed by atoms with Gasteiger partial charge in [-0.05, 0) is 25.8 Å². The van der Waals surface area contributed by atoms with E-state index in [0.29, 0.717) is 11.9 Å². The average Bonchev–Trinajstić information content (AvgIpc) is 2.17. The van der Waals surface area contributed by atoms with Crippen molar-refractivity contribution in [3.05, 3.63) is 0 Å². The van der Waals surface area contributed by atoms with Crippen molar-refractivity contribution in [3.8, 4) is 0 Å². The van der Waals surface area contributed by atoms with E-state index in [0.717, 1.165) is 12.5 Å². The molecule has 1 aliphatic rings. The van der Waals surface area contributed by atoms with Gasteiger partial charge in [0.05, 0.1) is 0 Å². The topological polar surface area (TPSA) is 32.3 Å². The van der Waals surface area contributed by atoms with E-state index in [4.69, 9.17) is 5.11 Å². The van der Waals surface area contributed by atoms with Gasteiger partial charge in [-0.1, -0.05) is 13.3 Å². The third-order valence-electron chi connectivity index (χ3n) is 2.53. The van der Waals surface area contributed by atoms with E-state index < -0.39 is 0 Å². The molecular weight excluding hydrogens is 182 g/mol. The van der Waals surface area contributed by atoms with Crippen LogP contribution in [0.25, 0.3) is 0 Å². The van der Waals surface area contributed by atoms with Crippen LogP contribution in [0.2, 0.25) is 0 Å². The van der Waals surface area contributed by atoms with Crippen LogP contribution in [-0.4, -0.2) is 35.3 Å². The second kappa shape index (κ2) is 6.68.